The van der Waals surface area contributed by atoms with Crippen molar-refractivity contribution in [3.05, 3.63) is 32.6 Å². The molecule has 14 heavy (non-hydrogen) atoms. The first-order valence-electron chi connectivity index (χ1n) is 4.15. The molecule has 0 amide bonds. The molecular weight excluding hydrogens is 303 g/mol. The molecule has 0 spiro atoms. The van der Waals surface area contributed by atoms with E-state index in [0.29, 0.717) is 5.88 Å². The lowest BCUT2D eigenvalue weighted by Crippen LogP contribution is -1.79. The Hall–Kier alpha value is 0.240. The first kappa shape index (κ1) is 10.7. The van der Waals surface area contributed by atoms with E-state index < -0.39 is 0 Å². The second kappa shape index (κ2) is 4.40. The molecule has 0 aliphatic heterocycles. The van der Waals surface area contributed by atoms with E-state index in [1.807, 2.05) is 12.1 Å². The van der Waals surface area contributed by atoms with Gasteiger partial charge < -0.3 is 0 Å². The Bertz CT molecular complexity index is 464. The number of hydrogen-bond donors (Lipinski definition) is 0. The number of alkyl halides is 1. The van der Waals surface area contributed by atoms with Gasteiger partial charge in [0.25, 0.3) is 0 Å². The van der Waals surface area contributed by atoms with Gasteiger partial charge in [0.1, 0.15) is 0 Å². The molecule has 4 heteroatoms. The topological polar surface area (TPSA) is 0 Å². The fourth-order valence-electron chi connectivity index (χ4n) is 1.34. The predicted octanol–water partition coefficient (Wildman–Crippen LogP) is 5.10. The molecular formula is C10H7BrCl2S. The minimum absolute atomic E-state index is 0.619. The van der Waals surface area contributed by atoms with Crippen LogP contribution < -0.4 is 0 Å². The van der Waals surface area contributed by atoms with Crippen LogP contribution >= 0.6 is 50.5 Å². The Labute approximate surface area is 105 Å². The van der Waals surface area contributed by atoms with Crippen molar-refractivity contribution < 1.29 is 0 Å². The van der Waals surface area contributed by atoms with Crippen molar-refractivity contribution in [3.63, 3.8) is 0 Å². The highest BCUT2D eigenvalue weighted by Crippen LogP contribution is 2.36. The molecule has 0 fully saturated rings. The average molecular weight is 310 g/mol. The predicted molar refractivity (Wildman–Crippen MR) is 69.0 cm³/mol. The summed E-state index contributed by atoms with van der Waals surface area (Å²) < 4.78 is 2.30. The standard InChI is InChI=1S/C10H7BrCl2S/c11-6-1-2-7-9(5-6)14-8(3-4-12)10(7)13/h1-2,5H,3-4H2. The van der Waals surface area contributed by atoms with Crippen molar-refractivity contribution in [2.24, 2.45) is 0 Å². The number of aryl methyl sites for hydroxylation is 1. The fourth-order valence-corrected chi connectivity index (χ4v) is 3.72. The van der Waals surface area contributed by atoms with E-state index in [0.717, 1.165) is 21.3 Å². The fraction of sp³-hybridized carbons (Fsp3) is 0.200. The Morgan fingerprint density at radius 2 is 2.14 bits per heavy atom. The molecule has 0 aliphatic rings. The van der Waals surface area contributed by atoms with Gasteiger partial charge in [-0.05, 0) is 18.6 Å². The molecule has 1 aromatic carbocycles. The highest BCUT2D eigenvalue weighted by atomic mass is 79.9. The van der Waals surface area contributed by atoms with Gasteiger partial charge in [-0.15, -0.1) is 22.9 Å². The average Bonchev–Trinajstić information content (AvgIpc) is 2.44. The van der Waals surface area contributed by atoms with Gasteiger partial charge in [0, 0.05) is 25.3 Å². The van der Waals surface area contributed by atoms with Gasteiger partial charge in [-0.3, -0.25) is 0 Å². The van der Waals surface area contributed by atoms with Gasteiger partial charge in [-0.25, -0.2) is 0 Å². The summed E-state index contributed by atoms with van der Waals surface area (Å²) in [6.07, 6.45) is 0.845. The van der Waals surface area contributed by atoms with Crippen LogP contribution in [0.4, 0.5) is 0 Å². The van der Waals surface area contributed by atoms with E-state index in [2.05, 4.69) is 22.0 Å². The number of thiophene rings is 1. The number of benzene rings is 1. The molecule has 1 heterocycles. The molecule has 0 aliphatic carbocycles. The summed E-state index contributed by atoms with van der Waals surface area (Å²) in [4.78, 5) is 1.18. The van der Waals surface area contributed by atoms with E-state index in [4.69, 9.17) is 23.2 Å². The number of fused-ring (bicyclic) bond motifs is 1. The van der Waals surface area contributed by atoms with Crippen LogP contribution in [0.5, 0.6) is 0 Å². The molecule has 0 radical (unpaired) electrons. The molecule has 0 atom stereocenters. The Kier molecular flexibility index (Phi) is 3.38. The smallest absolute Gasteiger partial charge is 0.0624 e. The van der Waals surface area contributed by atoms with Crippen LogP contribution in [0.25, 0.3) is 10.1 Å². The molecule has 0 unspecified atom stereocenters. The second-order valence-electron chi connectivity index (χ2n) is 2.92. The zero-order valence-electron chi connectivity index (χ0n) is 7.19. The van der Waals surface area contributed by atoms with Gasteiger partial charge in [-0.2, -0.15) is 0 Å². The Morgan fingerprint density at radius 1 is 1.36 bits per heavy atom. The molecule has 0 saturated heterocycles. The van der Waals surface area contributed by atoms with Gasteiger partial charge >= 0.3 is 0 Å². The number of hydrogen-bond acceptors (Lipinski definition) is 1. The van der Waals surface area contributed by atoms with E-state index in [9.17, 15) is 0 Å². The van der Waals surface area contributed by atoms with Gasteiger partial charge in [0.15, 0.2) is 0 Å². The molecule has 2 aromatic rings. The summed E-state index contributed by atoms with van der Waals surface area (Å²) in [7, 11) is 0. The van der Waals surface area contributed by atoms with Gasteiger partial charge in [-0.1, -0.05) is 33.6 Å². The van der Waals surface area contributed by atoms with Crippen LogP contribution in [0, 0.1) is 0 Å². The van der Waals surface area contributed by atoms with Crippen LogP contribution in [0.2, 0.25) is 5.02 Å². The normalized spacial score (nSPS) is 11.1. The van der Waals surface area contributed by atoms with Crippen LogP contribution in [-0.2, 0) is 6.42 Å². The molecule has 2 rings (SSSR count). The lowest BCUT2D eigenvalue weighted by atomic mass is 10.2. The zero-order valence-corrected chi connectivity index (χ0v) is 11.1. The monoisotopic (exact) mass is 308 g/mol. The lowest BCUT2D eigenvalue weighted by molar-refractivity contribution is 1.20. The summed E-state index contributed by atoms with van der Waals surface area (Å²) in [6, 6.07) is 6.13. The molecule has 0 bridgehead atoms. The van der Waals surface area contributed by atoms with Crippen LogP contribution in [0.1, 0.15) is 4.88 Å². The SMILES string of the molecule is ClCCc1sc2cc(Br)ccc2c1Cl. The largest absolute Gasteiger partial charge is 0.139 e. The quantitative estimate of drug-likeness (QED) is 0.677. The molecule has 74 valence electrons. The zero-order chi connectivity index (χ0) is 10.1. The Balaban J connectivity index is 2.61. The summed E-state index contributed by atoms with van der Waals surface area (Å²) in [5.74, 6) is 0.619. The highest BCUT2D eigenvalue weighted by molar-refractivity contribution is 9.10. The van der Waals surface area contributed by atoms with E-state index in [1.54, 1.807) is 11.3 Å². The maximum Gasteiger partial charge on any atom is 0.0624 e. The lowest BCUT2D eigenvalue weighted by Gasteiger charge is -1.92. The van der Waals surface area contributed by atoms with Crippen molar-refractivity contribution in [1.82, 2.24) is 0 Å². The summed E-state index contributed by atoms with van der Waals surface area (Å²) in [5, 5.41) is 1.98. The first-order valence-corrected chi connectivity index (χ1v) is 6.67. The summed E-state index contributed by atoms with van der Waals surface area (Å²) >= 11 is 17.1. The van der Waals surface area contributed by atoms with Crippen molar-refractivity contribution in [2.45, 2.75) is 6.42 Å². The third kappa shape index (κ3) is 1.94. The Morgan fingerprint density at radius 3 is 2.86 bits per heavy atom. The molecule has 0 N–H and O–H groups in total. The highest BCUT2D eigenvalue weighted by Gasteiger charge is 2.09. The summed E-state index contributed by atoms with van der Waals surface area (Å²) in [5.41, 5.74) is 0. The third-order valence-corrected chi connectivity index (χ3v) is 4.42. The van der Waals surface area contributed by atoms with E-state index in [-0.39, 0.29) is 0 Å². The van der Waals surface area contributed by atoms with Crippen LogP contribution in [-0.4, -0.2) is 5.88 Å². The first-order chi connectivity index (χ1) is 6.72. The minimum atomic E-state index is 0.619. The van der Waals surface area contributed by atoms with E-state index in [1.165, 1.54) is 9.58 Å². The van der Waals surface area contributed by atoms with E-state index >= 15 is 0 Å². The van der Waals surface area contributed by atoms with Gasteiger partial charge in [0.2, 0.25) is 0 Å². The van der Waals surface area contributed by atoms with Crippen LogP contribution in [0.15, 0.2) is 22.7 Å². The summed E-state index contributed by atoms with van der Waals surface area (Å²) in [6.45, 7) is 0. The molecule has 1 aromatic heterocycles. The maximum atomic E-state index is 6.22. The van der Waals surface area contributed by atoms with Crippen molar-refractivity contribution in [1.29, 1.82) is 0 Å². The van der Waals surface area contributed by atoms with Crippen LogP contribution in [0.3, 0.4) is 0 Å². The third-order valence-electron chi connectivity index (χ3n) is 1.98. The minimum Gasteiger partial charge on any atom is -0.139 e. The number of halogens is 3. The molecule has 0 saturated carbocycles. The van der Waals surface area contributed by atoms with Crippen molar-refractivity contribution >= 4 is 60.6 Å². The van der Waals surface area contributed by atoms with Crippen molar-refractivity contribution in [2.75, 3.05) is 5.88 Å². The second-order valence-corrected chi connectivity index (χ2v) is 5.73. The maximum absolute atomic E-state index is 6.22. The van der Waals surface area contributed by atoms with Crippen molar-refractivity contribution in [3.8, 4) is 0 Å². The van der Waals surface area contributed by atoms with Gasteiger partial charge in [0.05, 0.1) is 5.02 Å². The number of rotatable bonds is 2. The molecule has 0 nitrogen and oxygen atoms in total.